The third-order valence-electron chi connectivity index (χ3n) is 8.65. The van der Waals surface area contributed by atoms with Gasteiger partial charge in [0.15, 0.2) is 11.5 Å². The molecule has 0 bridgehead atoms. The Bertz CT molecular complexity index is 1480. The highest BCUT2D eigenvalue weighted by Gasteiger charge is 2.20. The second kappa shape index (κ2) is 23.0. The molecule has 0 spiro atoms. The Morgan fingerprint density at radius 3 is 2.12 bits per heavy atom. The minimum Gasteiger partial charge on any atom is -0.463 e. The summed E-state index contributed by atoms with van der Waals surface area (Å²) in [7, 11) is 0. The number of anilines is 1. The van der Waals surface area contributed by atoms with E-state index in [9.17, 15) is 9.59 Å². The summed E-state index contributed by atoms with van der Waals surface area (Å²) >= 11 is 0. The fourth-order valence-corrected chi connectivity index (χ4v) is 5.71. The third kappa shape index (κ3) is 14.5. The summed E-state index contributed by atoms with van der Waals surface area (Å²) < 4.78 is 28.8. The van der Waals surface area contributed by atoms with Crippen LogP contribution in [0.1, 0.15) is 56.6 Å². The third-order valence-corrected chi connectivity index (χ3v) is 8.65. The van der Waals surface area contributed by atoms with Crippen LogP contribution in [0, 0.1) is 5.92 Å². The van der Waals surface area contributed by atoms with Gasteiger partial charge in [0.05, 0.1) is 72.6 Å². The summed E-state index contributed by atoms with van der Waals surface area (Å²) in [6.45, 7) is 10.5. The van der Waals surface area contributed by atoms with E-state index >= 15 is 0 Å². The van der Waals surface area contributed by atoms with Gasteiger partial charge in [-0.15, -0.1) is 0 Å². The maximum absolute atomic E-state index is 12.8. The summed E-state index contributed by atoms with van der Waals surface area (Å²) in [6, 6.07) is 8.52. The number of hydrogen-bond acceptors (Lipinski definition) is 13. The fourth-order valence-electron chi connectivity index (χ4n) is 5.71. The van der Waals surface area contributed by atoms with E-state index < -0.39 is 0 Å². The normalized spacial score (nSPS) is 14.0. The number of benzene rings is 1. The molecule has 3 aromatic rings. The maximum Gasteiger partial charge on any atom is 0.328 e. The van der Waals surface area contributed by atoms with Gasteiger partial charge in [-0.2, -0.15) is 9.97 Å². The summed E-state index contributed by atoms with van der Waals surface area (Å²) in [5.74, 6) is 5.72. The molecule has 0 radical (unpaired) electrons. The first-order valence-corrected chi connectivity index (χ1v) is 18.0. The second-order valence-electron chi connectivity index (χ2n) is 12.6. The molecule has 51 heavy (non-hydrogen) atoms. The second-order valence-corrected chi connectivity index (χ2v) is 12.6. The first-order chi connectivity index (χ1) is 25.0. The molecule has 1 amide bonds. The first kappa shape index (κ1) is 40.1. The molecule has 284 valence electrons. The Labute approximate surface area is 299 Å². The predicted molar refractivity (Wildman–Crippen MR) is 192 cm³/mol. The number of unbranched alkanes of at least 4 members (excludes halogenated alkanes) is 1. The number of rotatable bonds is 26. The lowest BCUT2D eigenvalue weighted by Crippen LogP contribution is -2.35. The Hall–Kier alpha value is -3.64. The van der Waals surface area contributed by atoms with Crippen LogP contribution >= 0.6 is 0 Å². The molecule has 1 saturated heterocycles. The summed E-state index contributed by atoms with van der Waals surface area (Å²) in [6.07, 6.45) is 5.41. The summed E-state index contributed by atoms with van der Waals surface area (Å²) in [5, 5.41) is 3.03. The zero-order valence-corrected chi connectivity index (χ0v) is 29.9. The molecule has 4 rings (SSSR count). The number of carbonyl (C=O) groups excluding carboxylic acids is 1. The molecule has 3 heterocycles. The van der Waals surface area contributed by atoms with Crippen molar-refractivity contribution < 1.29 is 33.3 Å². The molecule has 0 atom stereocenters. The van der Waals surface area contributed by atoms with E-state index in [1.54, 1.807) is 4.57 Å². The number of nitrogens with zero attached hydrogens (tertiary/aromatic N) is 4. The van der Waals surface area contributed by atoms with Crippen LogP contribution in [0.2, 0.25) is 0 Å². The van der Waals surface area contributed by atoms with E-state index in [-0.39, 0.29) is 23.4 Å². The molecule has 0 unspecified atom stereocenters. The van der Waals surface area contributed by atoms with Crippen molar-refractivity contribution in [1.29, 1.82) is 0 Å². The molecule has 16 heteroatoms. The summed E-state index contributed by atoms with van der Waals surface area (Å²) in [4.78, 5) is 43.3. The number of piperidine rings is 1. The molecular formula is C35H56N8O8. The summed E-state index contributed by atoms with van der Waals surface area (Å²) in [5.41, 5.74) is 8.87. The number of amides is 1. The van der Waals surface area contributed by atoms with Crippen LogP contribution in [0.4, 0.5) is 5.82 Å². The van der Waals surface area contributed by atoms with E-state index in [1.807, 2.05) is 0 Å². The molecule has 1 fully saturated rings. The number of nitrogen functional groups attached to an aromatic ring is 1. The molecule has 2 aromatic heterocycles. The van der Waals surface area contributed by atoms with Gasteiger partial charge in [0, 0.05) is 19.5 Å². The van der Waals surface area contributed by atoms with Gasteiger partial charge in [-0.3, -0.25) is 14.3 Å². The van der Waals surface area contributed by atoms with Gasteiger partial charge >= 0.3 is 11.7 Å². The molecule has 0 aliphatic carbocycles. The van der Waals surface area contributed by atoms with Crippen molar-refractivity contribution in [2.75, 3.05) is 91.4 Å². The van der Waals surface area contributed by atoms with E-state index in [0.717, 1.165) is 57.3 Å². The number of fused-ring (bicyclic) bond motifs is 1. The predicted octanol–water partition coefficient (Wildman–Crippen LogP) is 1.99. The van der Waals surface area contributed by atoms with Crippen LogP contribution in [0.15, 0.2) is 29.1 Å². The van der Waals surface area contributed by atoms with Gasteiger partial charge in [0.1, 0.15) is 5.52 Å². The molecule has 0 saturated carbocycles. The standard InChI is InChI=1S/C35H56N8O8/c1-2-3-15-50-34-40-32(36)31-33(41-34)43(35(45)39-31)26-29-6-4-28(5-7-29)25-42-13-9-27(10-14-42)8-12-38-30(44)11-16-46-17-18-47-19-20-48-21-22-49-23-24-51-37/h4-7,27H,2-3,8-26,37H2,1H3,(H,38,44)(H,39,45)(H2,36,40,41). The van der Waals surface area contributed by atoms with Crippen LogP contribution in [-0.2, 0) is 41.7 Å². The number of aromatic amines is 1. The highest BCUT2D eigenvalue weighted by Crippen LogP contribution is 2.22. The lowest BCUT2D eigenvalue weighted by molar-refractivity contribution is -0.122. The monoisotopic (exact) mass is 716 g/mol. The Kier molecular flexibility index (Phi) is 18.1. The van der Waals surface area contributed by atoms with Crippen molar-refractivity contribution in [2.24, 2.45) is 11.8 Å². The fraction of sp³-hybridized carbons (Fsp3) is 0.657. The number of hydrogen-bond donors (Lipinski definition) is 4. The van der Waals surface area contributed by atoms with Gasteiger partial charge in [-0.05, 0) is 55.8 Å². The van der Waals surface area contributed by atoms with E-state index in [1.165, 1.54) is 5.56 Å². The number of nitrogens with one attached hydrogen (secondary N) is 2. The minimum atomic E-state index is -0.290. The number of nitrogens with two attached hydrogens (primary N) is 2. The lowest BCUT2D eigenvalue weighted by atomic mass is 9.93. The SMILES string of the molecule is CCCCOc1nc(N)c2[nH]c(=O)n(Cc3ccc(CN4CCC(CCNC(=O)CCOCCOCCOCCOCCON)CC4)cc3)c2n1. The molecule has 1 aromatic carbocycles. The van der Waals surface area contributed by atoms with Crippen molar-refractivity contribution in [3.8, 4) is 6.01 Å². The van der Waals surface area contributed by atoms with Crippen molar-refractivity contribution in [3.63, 3.8) is 0 Å². The molecular weight excluding hydrogens is 660 g/mol. The van der Waals surface area contributed by atoms with Crippen molar-refractivity contribution in [1.82, 2.24) is 29.7 Å². The Balaban J connectivity index is 1.04. The van der Waals surface area contributed by atoms with E-state index in [0.29, 0.717) is 103 Å². The topological polar surface area (TPSA) is 203 Å². The number of likely N-dealkylation sites (tertiary alicyclic amines) is 1. The van der Waals surface area contributed by atoms with Gasteiger partial charge in [-0.25, -0.2) is 10.7 Å². The zero-order valence-electron chi connectivity index (χ0n) is 29.9. The Morgan fingerprint density at radius 2 is 1.49 bits per heavy atom. The number of aromatic nitrogens is 4. The number of carbonyl (C=O) groups is 1. The van der Waals surface area contributed by atoms with E-state index in [2.05, 4.69) is 61.2 Å². The molecule has 1 aliphatic heterocycles. The van der Waals surface area contributed by atoms with Crippen LogP contribution in [-0.4, -0.2) is 116 Å². The van der Waals surface area contributed by atoms with Gasteiger partial charge in [0.25, 0.3) is 0 Å². The van der Waals surface area contributed by atoms with Gasteiger partial charge in [-0.1, -0.05) is 37.6 Å². The quantitative estimate of drug-likeness (QED) is 0.0695. The van der Waals surface area contributed by atoms with Crippen molar-refractivity contribution in [2.45, 2.75) is 58.5 Å². The Morgan fingerprint density at radius 1 is 0.882 bits per heavy atom. The van der Waals surface area contributed by atoms with Gasteiger partial charge in [0.2, 0.25) is 5.91 Å². The molecule has 6 N–H and O–H groups in total. The highest BCUT2D eigenvalue weighted by molar-refractivity contribution is 5.82. The highest BCUT2D eigenvalue weighted by atomic mass is 16.6. The van der Waals surface area contributed by atoms with Gasteiger partial charge < -0.3 is 44.6 Å². The number of ether oxygens (including phenoxy) is 5. The average molecular weight is 717 g/mol. The van der Waals surface area contributed by atoms with Crippen molar-refractivity contribution in [3.05, 3.63) is 45.9 Å². The largest absolute Gasteiger partial charge is 0.463 e. The molecule has 1 aliphatic rings. The average Bonchev–Trinajstić information content (AvgIpc) is 3.44. The number of H-pyrrole nitrogens is 1. The maximum atomic E-state index is 12.8. The zero-order chi connectivity index (χ0) is 36.1. The number of imidazole rings is 1. The minimum absolute atomic E-state index is 0.0126. The van der Waals surface area contributed by atoms with E-state index in [4.69, 9.17) is 35.3 Å². The van der Waals surface area contributed by atoms with Crippen LogP contribution < -0.4 is 27.4 Å². The van der Waals surface area contributed by atoms with Crippen LogP contribution in [0.3, 0.4) is 0 Å². The van der Waals surface area contributed by atoms with Crippen molar-refractivity contribution >= 4 is 22.9 Å². The van der Waals surface area contributed by atoms with Crippen LogP contribution in [0.5, 0.6) is 6.01 Å². The molecule has 16 nitrogen and oxygen atoms in total. The smallest absolute Gasteiger partial charge is 0.328 e. The first-order valence-electron chi connectivity index (χ1n) is 18.0. The lowest BCUT2D eigenvalue weighted by Gasteiger charge is -2.32. The van der Waals surface area contributed by atoms with Crippen LogP contribution in [0.25, 0.3) is 11.2 Å².